The van der Waals surface area contributed by atoms with Crippen molar-refractivity contribution in [1.29, 1.82) is 0 Å². The number of benzene rings is 1. The van der Waals surface area contributed by atoms with E-state index in [1.54, 1.807) is 11.3 Å². The Bertz CT molecular complexity index is 1220. The molecule has 3 N–H and O–H groups in total. The zero-order valence-corrected chi connectivity index (χ0v) is 22.2. The molecule has 0 aliphatic carbocycles. The molecule has 0 bridgehead atoms. The van der Waals surface area contributed by atoms with Crippen molar-refractivity contribution in [1.82, 2.24) is 30.7 Å². The number of halogens is 1. The molecule has 1 atom stereocenters. The predicted octanol–water partition coefficient (Wildman–Crippen LogP) is 3.50. The van der Waals surface area contributed by atoms with Crippen LogP contribution in [0.3, 0.4) is 0 Å². The summed E-state index contributed by atoms with van der Waals surface area (Å²) in [5.74, 6) is 1.43. The van der Waals surface area contributed by atoms with Gasteiger partial charge in [-0.1, -0.05) is 23.7 Å². The lowest BCUT2D eigenvalue weighted by Crippen LogP contribution is -2.30. The third-order valence-corrected chi connectivity index (χ3v) is 7.58. The summed E-state index contributed by atoms with van der Waals surface area (Å²) < 4.78 is 2.07. The Labute approximate surface area is 215 Å². The van der Waals surface area contributed by atoms with Gasteiger partial charge in [0.15, 0.2) is 5.82 Å². The number of nitrogens with one attached hydrogen (secondary N) is 3. The third-order valence-electron chi connectivity index (χ3n) is 6.14. The largest absolute Gasteiger partial charge is 0.356 e. The Morgan fingerprint density at radius 1 is 1.09 bits per heavy atom. The van der Waals surface area contributed by atoms with Crippen LogP contribution in [0.4, 0.5) is 0 Å². The van der Waals surface area contributed by atoms with E-state index in [0.717, 1.165) is 53.7 Å². The fourth-order valence-electron chi connectivity index (χ4n) is 4.16. The highest BCUT2D eigenvalue weighted by atomic mass is 35.5. The molecule has 35 heavy (non-hydrogen) atoms. The number of aryl methyl sites for hydroxylation is 2. The van der Waals surface area contributed by atoms with Gasteiger partial charge in [0, 0.05) is 40.7 Å². The van der Waals surface area contributed by atoms with E-state index < -0.39 is 6.04 Å². The van der Waals surface area contributed by atoms with Gasteiger partial charge in [-0.3, -0.25) is 14.4 Å². The van der Waals surface area contributed by atoms with Crippen LogP contribution in [0.5, 0.6) is 0 Å². The van der Waals surface area contributed by atoms with Crippen LogP contribution in [0.15, 0.2) is 29.3 Å². The number of nitrogens with zero attached hydrogens (tertiary/aromatic N) is 4. The van der Waals surface area contributed by atoms with Crippen LogP contribution in [-0.2, 0) is 4.79 Å². The van der Waals surface area contributed by atoms with Crippen LogP contribution in [0.2, 0.25) is 5.02 Å². The maximum atomic E-state index is 12.9. The van der Waals surface area contributed by atoms with Gasteiger partial charge in [-0.2, -0.15) is 0 Å². The van der Waals surface area contributed by atoms with Gasteiger partial charge >= 0.3 is 0 Å². The number of aliphatic imine (C=N–C) groups is 1. The summed E-state index contributed by atoms with van der Waals surface area (Å²) in [6.07, 6.45) is 1.07. The van der Waals surface area contributed by atoms with Gasteiger partial charge < -0.3 is 16.0 Å². The molecule has 4 rings (SSSR count). The molecule has 0 fully saturated rings. The van der Waals surface area contributed by atoms with Crippen LogP contribution in [0.25, 0.3) is 5.00 Å². The highest BCUT2D eigenvalue weighted by Gasteiger charge is 2.32. The quantitative estimate of drug-likeness (QED) is 0.360. The second kappa shape index (κ2) is 11.4. The highest BCUT2D eigenvalue weighted by molar-refractivity contribution is 7.15. The first-order valence-electron chi connectivity index (χ1n) is 11.9. The summed E-state index contributed by atoms with van der Waals surface area (Å²) in [7, 11) is 1.93. The monoisotopic (exact) mass is 513 g/mol. The van der Waals surface area contributed by atoms with Crippen LogP contribution in [-0.4, -0.2) is 59.6 Å². The molecule has 186 valence electrons. The number of amides is 1. The smallest absolute Gasteiger partial charge is 0.222 e. The molecule has 0 radical (unpaired) electrons. The number of carbonyl (C=O) groups is 1. The van der Waals surface area contributed by atoms with E-state index in [0.29, 0.717) is 17.4 Å². The Morgan fingerprint density at radius 3 is 2.60 bits per heavy atom. The Hall–Kier alpha value is -2.59. The van der Waals surface area contributed by atoms with Crippen molar-refractivity contribution in [2.45, 2.75) is 39.7 Å². The van der Waals surface area contributed by atoms with E-state index in [9.17, 15) is 4.79 Å². The molecule has 0 spiro atoms. The number of fused-ring (bicyclic) bond motifs is 3. The number of likely N-dealkylation sites (N-methyl/N-ethyl adjacent to an activating group) is 1. The summed E-state index contributed by atoms with van der Waals surface area (Å²) >= 11 is 7.87. The minimum Gasteiger partial charge on any atom is -0.356 e. The fourth-order valence-corrected chi connectivity index (χ4v) is 5.50. The molecule has 10 heteroatoms. The van der Waals surface area contributed by atoms with Crippen molar-refractivity contribution in [3.8, 4) is 5.00 Å². The normalized spacial score (nSPS) is 14.8. The second-order valence-electron chi connectivity index (χ2n) is 8.67. The maximum Gasteiger partial charge on any atom is 0.222 e. The Balaban J connectivity index is 1.62. The van der Waals surface area contributed by atoms with Crippen molar-refractivity contribution >= 4 is 34.6 Å². The van der Waals surface area contributed by atoms with Crippen molar-refractivity contribution < 1.29 is 4.79 Å². The summed E-state index contributed by atoms with van der Waals surface area (Å²) in [5.41, 5.74) is 4.06. The molecule has 2 aromatic heterocycles. The highest BCUT2D eigenvalue weighted by Crippen LogP contribution is 2.39. The number of thiophene rings is 1. The van der Waals surface area contributed by atoms with Crippen LogP contribution < -0.4 is 16.0 Å². The van der Waals surface area contributed by atoms with Gasteiger partial charge in [0.05, 0.1) is 12.1 Å². The van der Waals surface area contributed by atoms with Crippen LogP contribution >= 0.6 is 22.9 Å². The van der Waals surface area contributed by atoms with E-state index in [-0.39, 0.29) is 12.3 Å². The van der Waals surface area contributed by atoms with Crippen molar-refractivity contribution in [2.75, 3.05) is 33.2 Å². The van der Waals surface area contributed by atoms with Crippen LogP contribution in [0, 0.1) is 20.8 Å². The van der Waals surface area contributed by atoms with Crippen molar-refractivity contribution in [3.63, 3.8) is 0 Å². The molecule has 3 aromatic rings. The lowest BCUT2D eigenvalue weighted by Gasteiger charge is -2.13. The maximum absolute atomic E-state index is 12.9. The van der Waals surface area contributed by atoms with E-state index in [1.165, 1.54) is 10.4 Å². The number of rotatable bonds is 10. The summed E-state index contributed by atoms with van der Waals surface area (Å²) in [6.45, 7) is 9.48. The third kappa shape index (κ3) is 5.64. The first-order chi connectivity index (χ1) is 16.9. The number of hydrogen-bond acceptors (Lipinski definition) is 7. The van der Waals surface area contributed by atoms with E-state index in [1.807, 2.05) is 38.2 Å². The standard InChI is InChI=1S/C25H32ClN7OS/c1-15-16(2)35-25-22(15)23(18-6-8-19(26)9-7-18)30-20(24-32-31-17(3)33(24)25)14-21(34)29-11-5-10-28-13-12-27-4/h6-9,20,27-28H,5,10-14H2,1-4H3,(H,29,34)/t20-/m0/s1. The molecular weight excluding hydrogens is 482 g/mol. The van der Waals surface area contributed by atoms with E-state index >= 15 is 0 Å². The average Bonchev–Trinajstić information content (AvgIpc) is 3.31. The van der Waals surface area contributed by atoms with Gasteiger partial charge in [0.25, 0.3) is 0 Å². The van der Waals surface area contributed by atoms with Gasteiger partial charge in [0.2, 0.25) is 5.91 Å². The van der Waals surface area contributed by atoms with E-state index in [2.05, 4.69) is 44.6 Å². The molecule has 3 heterocycles. The SMILES string of the molecule is CNCCNCCCNC(=O)C[C@@H]1N=C(c2ccc(Cl)cc2)c2c(sc(C)c2C)-n2c(C)nnc21. The lowest BCUT2D eigenvalue weighted by molar-refractivity contribution is -0.121. The lowest BCUT2D eigenvalue weighted by atomic mass is 9.99. The topological polar surface area (TPSA) is 96.2 Å². The molecule has 0 saturated carbocycles. The molecule has 1 aliphatic heterocycles. The first-order valence-corrected chi connectivity index (χ1v) is 13.1. The fraction of sp³-hybridized carbons (Fsp3) is 0.440. The van der Waals surface area contributed by atoms with Gasteiger partial charge in [-0.25, -0.2) is 0 Å². The number of carbonyl (C=O) groups excluding carboxylic acids is 1. The number of hydrogen-bond donors (Lipinski definition) is 3. The first kappa shape index (κ1) is 25.5. The van der Waals surface area contributed by atoms with Gasteiger partial charge in [-0.05, 0) is 58.5 Å². The Kier molecular flexibility index (Phi) is 8.33. The van der Waals surface area contributed by atoms with Gasteiger partial charge in [-0.15, -0.1) is 21.5 Å². The molecule has 1 amide bonds. The average molecular weight is 514 g/mol. The summed E-state index contributed by atoms with van der Waals surface area (Å²) in [6, 6.07) is 7.26. The molecule has 1 aliphatic rings. The van der Waals surface area contributed by atoms with Crippen molar-refractivity contribution in [2.24, 2.45) is 4.99 Å². The molecule has 0 unspecified atom stereocenters. The minimum atomic E-state index is -0.449. The van der Waals surface area contributed by atoms with Gasteiger partial charge in [0.1, 0.15) is 16.9 Å². The molecule has 1 aromatic carbocycles. The molecular formula is C25H32ClN7OS. The molecule has 0 saturated heterocycles. The van der Waals surface area contributed by atoms with Crippen LogP contribution in [0.1, 0.15) is 52.1 Å². The number of aromatic nitrogens is 3. The minimum absolute atomic E-state index is 0.0465. The zero-order valence-electron chi connectivity index (χ0n) is 20.6. The van der Waals surface area contributed by atoms with E-state index in [4.69, 9.17) is 16.6 Å². The molecule has 8 nitrogen and oxygen atoms in total. The van der Waals surface area contributed by atoms with Crippen molar-refractivity contribution in [3.05, 3.63) is 62.5 Å². The zero-order chi connectivity index (χ0) is 24.9. The second-order valence-corrected chi connectivity index (χ2v) is 10.3. The summed E-state index contributed by atoms with van der Waals surface area (Å²) in [4.78, 5) is 19.3. The predicted molar refractivity (Wildman–Crippen MR) is 142 cm³/mol. The Morgan fingerprint density at radius 2 is 1.86 bits per heavy atom. The summed E-state index contributed by atoms with van der Waals surface area (Å²) in [5, 5.41) is 20.0.